The molecule has 0 unspecified atom stereocenters. The normalized spacial score (nSPS) is 13.7. The molecular formula is C11H9FN4O2. The van der Waals surface area contributed by atoms with Crippen molar-refractivity contribution in [2.45, 2.75) is 6.54 Å². The second-order valence-electron chi connectivity index (χ2n) is 3.94. The predicted molar refractivity (Wildman–Crippen MR) is 62.5 cm³/mol. The number of halogens is 1. The lowest BCUT2D eigenvalue weighted by Gasteiger charge is -2.16. The smallest absolute Gasteiger partial charge is 0.309 e. The van der Waals surface area contributed by atoms with E-state index in [0.717, 1.165) is 5.69 Å². The maximum atomic E-state index is 12.8. The quantitative estimate of drug-likeness (QED) is 0.733. The van der Waals surface area contributed by atoms with E-state index in [1.165, 1.54) is 16.7 Å². The van der Waals surface area contributed by atoms with Crippen LogP contribution in [0.1, 0.15) is 0 Å². The van der Waals surface area contributed by atoms with E-state index < -0.39 is 11.1 Å². The fourth-order valence-electron chi connectivity index (χ4n) is 2.00. The van der Waals surface area contributed by atoms with Crippen LogP contribution in [-0.2, 0) is 6.54 Å². The predicted octanol–water partition coefficient (Wildman–Crippen LogP) is 0.222. The molecule has 3 rings (SSSR count). The molecule has 1 aromatic carbocycles. The van der Waals surface area contributed by atoms with Crippen molar-refractivity contribution in [3.63, 3.8) is 0 Å². The van der Waals surface area contributed by atoms with Crippen LogP contribution in [0.25, 0.3) is 0 Å². The molecular weight excluding hydrogens is 239 g/mol. The lowest BCUT2D eigenvalue weighted by molar-refractivity contribution is 0.628. The van der Waals surface area contributed by atoms with Gasteiger partial charge in [0.2, 0.25) is 5.95 Å². The highest BCUT2D eigenvalue weighted by Crippen LogP contribution is 2.25. The Labute approximate surface area is 100 Å². The first-order valence-electron chi connectivity index (χ1n) is 5.39. The van der Waals surface area contributed by atoms with Crippen molar-refractivity contribution in [2.75, 3.05) is 11.4 Å². The Hall–Kier alpha value is -2.44. The molecule has 92 valence electrons. The lowest BCUT2D eigenvalue weighted by atomic mass is 10.3. The molecule has 1 aliphatic rings. The highest BCUT2D eigenvalue weighted by Gasteiger charge is 2.23. The molecule has 0 atom stereocenters. The van der Waals surface area contributed by atoms with Gasteiger partial charge in [-0.2, -0.15) is 0 Å². The fraction of sp³-hybridized carbons (Fsp3) is 0.182. The molecule has 0 saturated heterocycles. The summed E-state index contributed by atoms with van der Waals surface area (Å²) in [6.07, 6.45) is 0. The summed E-state index contributed by atoms with van der Waals surface area (Å²) in [6, 6.07) is 5.87. The maximum absolute atomic E-state index is 12.8. The van der Waals surface area contributed by atoms with Crippen LogP contribution in [0.15, 0.2) is 33.9 Å². The van der Waals surface area contributed by atoms with Gasteiger partial charge in [-0.3, -0.25) is 14.2 Å². The number of benzene rings is 1. The third-order valence-electron chi connectivity index (χ3n) is 2.87. The Morgan fingerprint density at radius 2 is 1.89 bits per heavy atom. The number of rotatable bonds is 1. The number of fused-ring (bicyclic) bond motifs is 1. The molecule has 6 nitrogen and oxygen atoms in total. The Bertz CT molecular complexity index is 704. The summed E-state index contributed by atoms with van der Waals surface area (Å²) in [7, 11) is 0. The molecule has 0 fully saturated rings. The van der Waals surface area contributed by atoms with E-state index >= 15 is 0 Å². The van der Waals surface area contributed by atoms with Crippen LogP contribution in [0, 0.1) is 5.82 Å². The van der Waals surface area contributed by atoms with Crippen molar-refractivity contribution in [3.05, 3.63) is 50.8 Å². The van der Waals surface area contributed by atoms with Crippen LogP contribution >= 0.6 is 0 Å². The maximum Gasteiger partial charge on any atom is 0.330 e. The Morgan fingerprint density at radius 1 is 1.17 bits per heavy atom. The summed E-state index contributed by atoms with van der Waals surface area (Å²) in [5.41, 5.74) is -0.633. The summed E-state index contributed by atoms with van der Waals surface area (Å²) < 4.78 is 14.2. The van der Waals surface area contributed by atoms with Crippen molar-refractivity contribution >= 4 is 11.6 Å². The highest BCUT2D eigenvalue weighted by molar-refractivity contribution is 5.58. The van der Waals surface area contributed by atoms with Crippen molar-refractivity contribution in [3.8, 4) is 0 Å². The topological polar surface area (TPSA) is 71.0 Å². The van der Waals surface area contributed by atoms with E-state index in [4.69, 9.17) is 0 Å². The van der Waals surface area contributed by atoms with Gasteiger partial charge in [-0.05, 0) is 24.3 Å². The number of hydrogen-bond donors (Lipinski definition) is 1. The summed E-state index contributed by atoms with van der Waals surface area (Å²) in [4.78, 5) is 24.5. The van der Waals surface area contributed by atoms with Crippen LogP contribution in [0.4, 0.5) is 16.0 Å². The zero-order chi connectivity index (χ0) is 12.7. The van der Waals surface area contributed by atoms with Gasteiger partial charge in [-0.15, -0.1) is 5.10 Å². The Balaban J connectivity index is 2.11. The fourth-order valence-corrected chi connectivity index (χ4v) is 2.00. The Kier molecular flexibility index (Phi) is 2.26. The van der Waals surface area contributed by atoms with Crippen molar-refractivity contribution in [1.82, 2.24) is 14.8 Å². The van der Waals surface area contributed by atoms with Crippen molar-refractivity contribution < 1.29 is 4.39 Å². The first kappa shape index (κ1) is 10.7. The first-order chi connectivity index (χ1) is 8.66. The van der Waals surface area contributed by atoms with E-state index in [2.05, 4.69) is 10.2 Å². The molecule has 2 aromatic rings. The van der Waals surface area contributed by atoms with Gasteiger partial charge in [0.25, 0.3) is 0 Å². The number of aromatic amines is 1. The van der Waals surface area contributed by atoms with E-state index in [1.807, 2.05) is 0 Å². The summed E-state index contributed by atoms with van der Waals surface area (Å²) in [5, 5.41) is 6.01. The largest absolute Gasteiger partial charge is 0.330 e. The number of H-pyrrole nitrogens is 1. The van der Waals surface area contributed by atoms with Gasteiger partial charge in [0.15, 0.2) is 0 Å². The zero-order valence-corrected chi connectivity index (χ0v) is 9.26. The average Bonchev–Trinajstić information content (AvgIpc) is 2.79. The second-order valence-corrected chi connectivity index (χ2v) is 3.94. The summed E-state index contributed by atoms with van der Waals surface area (Å²) in [5.74, 6) is 0.0379. The molecule has 0 bridgehead atoms. The molecule has 0 amide bonds. The summed E-state index contributed by atoms with van der Waals surface area (Å²) in [6.45, 7) is 0.910. The number of aromatic nitrogens is 3. The SMILES string of the molecule is O=c1[nH]nc2n(c1=O)CCN2c1ccc(F)cc1. The van der Waals surface area contributed by atoms with Crippen molar-refractivity contribution in [2.24, 2.45) is 0 Å². The van der Waals surface area contributed by atoms with Crippen LogP contribution in [0.5, 0.6) is 0 Å². The second kappa shape index (κ2) is 3.80. The number of hydrogen-bond acceptors (Lipinski definition) is 4. The molecule has 7 heteroatoms. The molecule has 18 heavy (non-hydrogen) atoms. The first-order valence-corrected chi connectivity index (χ1v) is 5.39. The van der Waals surface area contributed by atoms with Gasteiger partial charge in [-0.1, -0.05) is 0 Å². The lowest BCUT2D eigenvalue weighted by Crippen LogP contribution is -2.36. The molecule has 0 spiro atoms. The standard InChI is InChI=1S/C11H9FN4O2/c12-7-1-3-8(4-2-7)15-5-6-16-10(18)9(17)13-14-11(15)16/h1-4H,5-6H2,(H,13,17). The monoisotopic (exact) mass is 248 g/mol. The molecule has 1 aromatic heterocycles. The third-order valence-corrected chi connectivity index (χ3v) is 2.87. The van der Waals surface area contributed by atoms with Gasteiger partial charge in [0.05, 0.1) is 0 Å². The number of nitrogens with zero attached hydrogens (tertiary/aromatic N) is 3. The van der Waals surface area contributed by atoms with E-state index in [0.29, 0.717) is 19.0 Å². The number of anilines is 2. The third kappa shape index (κ3) is 1.52. The zero-order valence-electron chi connectivity index (χ0n) is 9.26. The molecule has 0 saturated carbocycles. The van der Waals surface area contributed by atoms with E-state index in [1.54, 1.807) is 17.0 Å². The average molecular weight is 248 g/mol. The summed E-state index contributed by atoms with van der Waals surface area (Å²) >= 11 is 0. The molecule has 0 radical (unpaired) electrons. The van der Waals surface area contributed by atoms with Crippen LogP contribution < -0.4 is 16.0 Å². The van der Waals surface area contributed by atoms with E-state index in [-0.39, 0.29) is 5.82 Å². The minimum Gasteiger partial charge on any atom is -0.309 e. The van der Waals surface area contributed by atoms with Gasteiger partial charge >= 0.3 is 11.1 Å². The van der Waals surface area contributed by atoms with Crippen LogP contribution in [0.2, 0.25) is 0 Å². The van der Waals surface area contributed by atoms with Crippen LogP contribution in [0.3, 0.4) is 0 Å². The minimum atomic E-state index is -0.736. The van der Waals surface area contributed by atoms with Gasteiger partial charge in [0, 0.05) is 18.8 Å². The minimum absolute atomic E-state index is 0.329. The van der Waals surface area contributed by atoms with Crippen molar-refractivity contribution in [1.29, 1.82) is 0 Å². The number of nitrogens with one attached hydrogen (secondary N) is 1. The molecule has 1 aliphatic heterocycles. The van der Waals surface area contributed by atoms with Crippen LogP contribution in [-0.4, -0.2) is 21.3 Å². The van der Waals surface area contributed by atoms with E-state index in [9.17, 15) is 14.0 Å². The highest BCUT2D eigenvalue weighted by atomic mass is 19.1. The van der Waals surface area contributed by atoms with Gasteiger partial charge in [0.1, 0.15) is 5.82 Å². The molecule has 1 N–H and O–H groups in total. The molecule has 2 heterocycles. The molecule has 0 aliphatic carbocycles. The Morgan fingerprint density at radius 3 is 2.61 bits per heavy atom. The van der Waals surface area contributed by atoms with Gasteiger partial charge in [-0.25, -0.2) is 9.49 Å². The van der Waals surface area contributed by atoms with Gasteiger partial charge < -0.3 is 4.90 Å².